The monoisotopic (exact) mass is 501 g/mol. The van der Waals surface area contributed by atoms with Gasteiger partial charge in [-0.1, -0.05) is 54.9 Å². The summed E-state index contributed by atoms with van der Waals surface area (Å²) in [6.45, 7) is 14.3. The molecule has 9 heteroatoms. The highest BCUT2D eigenvalue weighted by atomic mass is 16.4. The Balaban J connectivity index is 5.72. The highest BCUT2D eigenvalue weighted by molar-refractivity contribution is 5.85. The summed E-state index contributed by atoms with van der Waals surface area (Å²) in [6.07, 6.45) is 2.85. The summed E-state index contributed by atoms with van der Waals surface area (Å²) in [6, 6.07) is 0. The standard InChI is InChI=1S/C26H48N2O7/c1-10-11-14-28(8,9)15-12-13-27-21(29)20(25(3,4)5)18(23(32)33)16-26(6,7)19(24(34)35)17(2)22(30)31/h17-20H,10-16H2,1-9H3,(H3-,27,29,30,31,32,33,34,35)/p+1. The van der Waals surface area contributed by atoms with Gasteiger partial charge in [0.2, 0.25) is 5.91 Å². The summed E-state index contributed by atoms with van der Waals surface area (Å²) < 4.78 is 0.844. The van der Waals surface area contributed by atoms with Crippen LogP contribution in [0.3, 0.4) is 0 Å². The molecular weight excluding hydrogens is 452 g/mol. The molecule has 0 aliphatic heterocycles. The number of nitrogens with one attached hydrogen (secondary N) is 1. The summed E-state index contributed by atoms with van der Waals surface area (Å²) >= 11 is 0. The fourth-order valence-electron chi connectivity index (χ4n) is 5.12. The first-order valence-electron chi connectivity index (χ1n) is 12.6. The first-order chi connectivity index (χ1) is 15.8. The number of carbonyl (C=O) groups excluding carboxylic acids is 1. The lowest BCUT2D eigenvalue weighted by atomic mass is 9.62. The van der Waals surface area contributed by atoms with Crippen molar-refractivity contribution in [2.75, 3.05) is 33.7 Å². The Morgan fingerprint density at radius 3 is 1.74 bits per heavy atom. The van der Waals surface area contributed by atoms with Gasteiger partial charge in [0.1, 0.15) is 0 Å². The van der Waals surface area contributed by atoms with Crippen LogP contribution < -0.4 is 5.32 Å². The Bertz CT molecular complexity index is 740. The fourth-order valence-corrected chi connectivity index (χ4v) is 5.12. The largest absolute Gasteiger partial charge is 0.481 e. The van der Waals surface area contributed by atoms with E-state index in [0.717, 1.165) is 36.8 Å². The average Bonchev–Trinajstić information content (AvgIpc) is 2.67. The molecule has 0 aliphatic carbocycles. The highest BCUT2D eigenvalue weighted by Gasteiger charge is 2.49. The van der Waals surface area contributed by atoms with E-state index in [9.17, 15) is 34.5 Å². The second-order valence-corrected chi connectivity index (χ2v) is 12.3. The lowest BCUT2D eigenvalue weighted by Crippen LogP contribution is -2.49. The Hall–Kier alpha value is -2.16. The molecule has 9 nitrogen and oxygen atoms in total. The maximum atomic E-state index is 13.3. The maximum absolute atomic E-state index is 13.3. The zero-order valence-corrected chi connectivity index (χ0v) is 23.2. The molecule has 4 N–H and O–H groups in total. The van der Waals surface area contributed by atoms with Gasteiger partial charge in [-0.3, -0.25) is 19.2 Å². The van der Waals surface area contributed by atoms with Gasteiger partial charge in [-0.05, 0) is 23.7 Å². The van der Waals surface area contributed by atoms with Gasteiger partial charge in [0.25, 0.3) is 0 Å². The van der Waals surface area contributed by atoms with Crippen LogP contribution in [0.25, 0.3) is 0 Å². The Labute approximate surface area is 210 Å². The van der Waals surface area contributed by atoms with E-state index in [1.807, 2.05) is 0 Å². The van der Waals surface area contributed by atoms with E-state index in [1.54, 1.807) is 34.6 Å². The van der Waals surface area contributed by atoms with E-state index < -0.39 is 52.4 Å². The van der Waals surface area contributed by atoms with Crippen LogP contribution in [-0.4, -0.2) is 77.3 Å². The predicted octanol–water partition coefficient (Wildman–Crippen LogP) is 3.57. The Morgan fingerprint density at radius 1 is 0.829 bits per heavy atom. The van der Waals surface area contributed by atoms with Gasteiger partial charge in [-0.25, -0.2) is 0 Å². The number of nitrogens with zero attached hydrogens (tertiary/aromatic N) is 1. The molecule has 0 rings (SSSR count). The van der Waals surface area contributed by atoms with Gasteiger partial charge in [-0.15, -0.1) is 0 Å². The van der Waals surface area contributed by atoms with Crippen LogP contribution in [0.4, 0.5) is 0 Å². The van der Waals surface area contributed by atoms with Crippen molar-refractivity contribution in [2.45, 2.75) is 74.1 Å². The minimum Gasteiger partial charge on any atom is -0.481 e. The van der Waals surface area contributed by atoms with Crippen molar-refractivity contribution in [3.05, 3.63) is 0 Å². The smallest absolute Gasteiger partial charge is 0.307 e. The third-order valence-corrected chi connectivity index (χ3v) is 7.04. The number of carboxylic acids is 3. The van der Waals surface area contributed by atoms with Crippen molar-refractivity contribution in [2.24, 2.45) is 34.5 Å². The van der Waals surface area contributed by atoms with Gasteiger partial charge in [0.05, 0.1) is 50.9 Å². The topological polar surface area (TPSA) is 141 Å². The number of quaternary nitrogens is 1. The molecule has 0 saturated heterocycles. The molecule has 0 aliphatic rings. The van der Waals surface area contributed by atoms with Crippen LogP contribution in [0.1, 0.15) is 74.1 Å². The van der Waals surface area contributed by atoms with E-state index >= 15 is 0 Å². The van der Waals surface area contributed by atoms with Crippen LogP contribution in [-0.2, 0) is 19.2 Å². The van der Waals surface area contributed by atoms with Crippen molar-refractivity contribution < 1.29 is 39.0 Å². The summed E-state index contributed by atoms with van der Waals surface area (Å²) in [5.74, 6) is -8.75. The molecule has 1 amide bonds. The fraction of sp³-hybridized carbons (Fsp3) is 0.846. The van der Waals surface area contributed by atoms with Gasteiger partial charge < -0.3 is 25.1 Å². The van der Waals surface area contributed by atoms with Crippen molar-refractivity contribution in [3.63, 3.8) is 0 Å². The second kappa shape index (κ2) is 13.2. The van der Waals surface area contributed by atoms with E-state index in [2.05, 4.69) is 26.3 Å². The molecule has 35 heavy (non-hydrogen) atoms. The van der Waals surface area contributed by atoms with Gasteiger partial charge in [0.15, 0.2) is 0 Å². The summed E-state index contributed by atoms with van der Waals surface area (Å²) in [7, 11) is 4.30. The van der Waals surface area contributed by atoms with Gasteiger partial charge in [0, 0.05) is 13.0 Å². The first kappa shape index (κ1) is 32.8. The zero-order valence-electron chi connectivity index (χ0n) is 23.2. The quantitative estimate of drug-likeness (QED) is 0.187. The predicted molar refractivity (Wildman–Crippen MR) is 135 cm³/mol. The number of amides is 1. The molecule has 0 heterocycles. The van der Waals surface area contributed by atoms with Crippen LogP contribution >= 0.6 is 0 Å². The zero-order chi connectivity index (χ0) is 27.8. The molecule has 0 aromatic carbocycles. The normalized spacial score (nSPS) is 16.1. The average molecular weight is 502 g/mol. The van der Waals surface area contributed by atoms with Crippen LogP contribution in [0.15, 0.2) is 0 Å². The van der Waals surface area contributed by atoms with Crippen LogP contribution in [0, 0.1) is 34.5 Å². The SMILES string of the molecule is CCCC[N+](C)(C)CCCNC(=O)C(C(CC(C)(C)C(C(=O)O)C(C)C(=O)O)C(=O)O)C(C)(C)C. The number of hydrogen-bond donors (Lipinski definition) is 4. The lowest BCUT2D eigenvalue weighted by Gasteiger charge is -2.40. The minimum atomic E-state index is -1.31. The molecule has 0 spiro atoms. The van der Waals surface area contributed by atoms with Crippen molar-refractivity contribution >= 4 is 23.8 Å². The summed E-state index contributed by atoms with van der Waals surface area (Å²) in [4.78, 5) is 49.2. The van der Waals surface area contributed by atoms with E-state index in [0.29, 0.717) is 6.54 Å². The molecule has 0 saturated carbocycles. The molecule has 0 radical (unpaired) electrons. The molecule has 0 fully saturated rings. The minimum absolute atomic E-state index is 0.146. The molecule has 4 atom stereocenters. The highest BCUT2D eigenvalue weighted by Crippen LogP contribution is 2.44. The summed E-state index contributed by atoms with van der Waals surface area (Å²) in [5, 5.41) is 32.2. The first-order valence-corrected chi connectivity index (χ1v) is 12.6. The molecule has 4 unspecified atom stereocenters. The second-order valence-electron chi connectivity index (χ2n) is 12.3. The van der Waals surface area contributed by atoms with Crippen molar-refractivity contribution in [3.8, 4) is 0 Å². The number of carboxylic acid groups (broad SMARTS) is 3. The molecule has 0 aromatic heterocycles. The number of unbranched alkanes of at least 4 members (excludes halogenated alkanes) is 1. The number of hydrogen-bond acceptors (Lipinski definition) is 4. The van der Waals surface area contributed by atoms with Gasteiger partial charge in [-0.2, -0.15) is 0 Å². The Morgan fingerprint density at radius 2 is 1.34 bits per heavy atom. The van der Waals surface area contributed by atoms with E-state index in [1.165, 1.54) is 6.92 Å². The van der Waals surface area contributed by atoms with E-state index in [4.69, 9.17) is 0 Å². The van der Waals surface area contributed by atoms with Crippen LogP contribution in [0.5, 0.6) is 0 Å². The molecular formula is C26H49N2O7+. The van der Waals surface area contributed by atoms with Crippen molar-refractivity contribution in [1.82, 2.24) is 5.32 Å². The third-order valence-electron chi connectivity index (χ3n) is 7.04. The molecule has 0 aromatic rings. The maximum Gasteiger partial charge on any atom is 0.307 e. The van der Waals surface area contributed by atoms with Crippen molar-refractivity contribution in [1.29, 1.82) is 0 Å². The van der Waals surface area contributed by atoms with Crippen LogP contribution in [0.2, 0.25) is 0 Å². The number of rotatable bonds is 16. The van der Waals surface area contributed by atoms with E-state index in [-0.39, 0.29) is 12.3 Å². The molecule has 204 valence electrons. The van der Waals surface area contributed by atoms with Gasteiger partial charge >= 0.3 is 17.9 Å². The Kier molecular flexibility index (Phi) is 12.4. The number of carbonyl (C=O) groups is 4. The third kappa shape index (κ3) is 10.5. The summed E-state index contributed by atoms with van der Waals surface area (Å²) in [5.41, 5.74) is -1.89. The molecule has 0 bridgehead atoms. The number of aliphatic carboxylic acids is 3. The lowest BCUT2D eigenvalue weighted by molar-refractivity contribution is -0.890.